The maximum atomic E-state index is 12.3. The molecule has 1 aromatic heterocycles. The van der Waals surface area contributed by atoms with E-state index in [1.54, 1.807) is 4.90 Å². The molecule has 18 heavy (non-hydrogen) atoms. The highest BCUT2D eigenvalue weighted by molar-refractivity contribution is 7.12. The molecule has 1 rings (SSSR count). The third kappa shape index (κ3) is 3.59. The van der Waals surface area contributed by atoms with E-state index >= 15 is 0 Å². The van der Waals surface area contributed by atoms with Gasteiger partial charge >= 0.3 is 0 Å². The average molecular weight is 265 g/mol. The lowest BCUT2D eigenvalue weighted by Crippen LogP contribution is -2.34. The molecule has 0 saturated carbocycles. The van der Waals surface area contributed by atoms with Crippen molar-refractivity contribution in [2.24, 2.45) is 0 Å². The first-order valence-corrected chi connectivity index (χ1v) is 6.94. The first-order chi connectivity index (χ1) is 8.61. The van der Waals surface area contributed by atoms with E-state index in [4.69, 9.17) is 5.11 Å². The maximum absolute atomic E-state index is 12.3. The Morgan fingerprint density at radius 2 is 2.33 bits per heavy atom. The molecule has 98 valence electrons. The number of amides is 1. The van der Waals surface area contributed by atoms with Crippen LogP contribution in [0.5, 0.6) is 0 Å². The van der Waals surface area contributed by atoms with Crippen LogP contribution >= 0.6 is 11.3 Å². The predicted molar refractivity (Wildman–Crippen MR) is 74.7 cm³/mol. The third-order valence-electron chi connectivity index (χ3n) is 2.89. The van der Waals surface area contributed by atoms with Crippen LogP contribution in [0.25, 0.3) is 0 Å². The number of thiophene rings is 1. The Morgan fingerprint density at radius 1 is 1.61 bits per heavy atom. The number of aliphatic hydroxyl groups is 1. The largest absolute Gasteiger partial charge is 0.395 e. The van der Waals surface area contributed by atoms with Crippen molar-refractivity contribution in [3.05, 3.63) is 21.9 Å². The van der Waals surface area contributed by atoms with Gasteiger partial charge in [0, 0.05) is 25.1 Å². The smallest absolute Gasteiger partial charge is 0.265 e. The predicted octanol–water partition coefficient (Wildman–Crippen LogP) is 2.35. The summed E-state index contributed by atoms with van der Waals surface area (Å²) in [6.07, 6.45) is 1.36. The van der Waals surface area contributed by atoms with Gasteiger partial charge in [0.25, 0.3) is 5.91 Å². The lowest BCUT2D eigenvalue weighted by molar-refractivity contribution is 0.0745. The first kappa shape index (κ1) is 14.7. The fraction of sp³-hybridized carbons (Fsp3) is 0.500. The van der Waals surface area contributed by atoms with Gasteiger partial charge in [-0.05, 0) is 24.8 Å². The molecule has 1 aromatic rings. The summed E-state index contributed by atoms with van der Waals surface area (Å²) >= 11 is 1.42. The van der Waals surface area contributed by atoms with Gasteiger partial charge in [0.15, 0.2) is 0 Å². The highest BCUT2D eigenvalue weighted by Crippen LogP contribution is 2.19. The van der Waals surface area contributed by atoms with Crippen LogP contribution in [0.15, 0.2) is 11.4 Å². The molecule has 0 aliphatic heterocycles. The van der Waals surface area contributed by atoms with Crippen LogP contribution in [0.4, 0.5) is 0 Å². The molecule has 4 heteroatoms. The van der Waals surface area contributed by atoms with Gasteiger partial charge in [0.05, 0.1) is 6.61 Å². The average Bonchev–Trinajstić information content (AvgIpc) is 2.84. The third-order valence-corrected chi connectivity index (χ3v) is 3.79. The molecule has 0 bridgehead atoms. The minimum atomic E-state index is 0.0210. The summed E-state index contributed by atoms with van der Waals surface area (Å²) in [6, 6.07) is 2.07. The molecule has 0 saturated heterocycles. The second-order valence-corrected chi connectivity index (χ2v) is 5.03. The van der Waals surface area contributed by atoms with Crippen molar-refractivity contribution in [1.29, 1.82) is 0 Å². The lowest BCUT2D eigenvalue weighted by Gasteiger charge is -2.23. The van der Waals surface area contributed by atoms with Crippen LogP contribution < -0.4 is 0 Å². The minimum Gasteiger partial charge on any atom is -0.395 e. The molecule has 0 aromatic carbocycles. The van der Waals surface area contributed by atoms with Gasteiger partial charge in [-0.25, -0.2) is 0 Å². The van der Waals surface area contributed by atoms with Crippen molar-refractivity contribution in [2.75, 3.05) is 13.7 Å². The summed E-state index contributed by atoms with van der Waals surface area (Å²) in [5.74, 6) is 5.81. The van der Waals surface area contributed by atoms with E-state index in [9.17, 15) is 4.79 Å². The number of hydrogen-bond donors (Lipinski definition) is 1. The SMILES string of the molecule is CCC(C)N(C)C(=O)c1sccc1C#CCCO. The van der Waals surface area contributed by atoms with Gasteiger partial charge in [-0.2, -0.15) is 0 Å². The van der Waals surface area contributed by atoms with Crippen LogP contribution in [0.1, 0.15) is 41.9 Å². The van der Waals surface area contributed by atoms with Gasteiger partial charge in [0.2, 0.25) is 0 Å². The molecule has 1 unspecified atom stereocenters. The molecule has 3 nitrogen and oxygen atoms in total. The normalized spacial score (nSPS) is 11.6. The van der Waals surface area contributed by atoms with Crippen molar-refractivity contribution in [3.8, 4) is 11.8 Å². The van der Waals surface area contributed by atoms with Crippen molar-refractivity contribution in [1.82, 2.24) is 4.90 Å². The van der Waals surface area contributed by atoms with E-state index in [0.717, 1.165) is 12.0 Å². The molecule has 0 aliphatic carbocycles. The first-order valence-electron chi connectivity index (χ1n) is 6.06. The molecule has 1 atom stereocenters. The molecule has 0 spiro atoms. The number of aliphatic hydroxyl groups excluding tert-OH is 1. The van der Waals surface area contributed by atoms with Crippen LogP contribution in [-0.4, -0.2) is 35.6 Å². The second-order valence-electron chi connectivity index (χ2n) is 4.11. The van der Waals surface area contributed by atoms with Gasteiger partial charge in [-0.15, -0.1) is 11.3 Å². The molecular weight excluding hydrogens is 246 g/mol. The van der Waals surface area contributed by atoms with Crippen molar-refractivity contribution in [3.63, 3.8) is 0 Å². The molecule has 1 N–H and O–H groups in total. The summed E-state index contributed by atoms with van der Waals surface area (Å²) in [5, 5.41) is 10.6. The fourth-order valence-corrected chi connectivity index (χ4v) is 2.25. The Labute approximate surface area is 112 Å². The van der Waals surface area contributed by atoms with E-state index in [1.165, 1.54) is 11.3 Å². The van der Waals surface area contributed by atoms with E-state index < -0.39 is 0 Å². The van der Waals surface area contributed by atoms with Crippen LogP contribution in [0, 0.1) is 11.8 Å². The van der Waals surface area contributed by atoms with E-state index in [2.05, 4.69) is 18.8 Å². The number of hydrogen-bond acceptors (Lipinski definition) is 3. The molecule has 1 heterocycles. The van der Waals surface area contributed by atoms with Crippen LogP contribution in [0.3, 0.4) is 0 Å². The lowest BCUT2D eigenvalue weighted by atomic mass is 10.2. The number of carbonyl (C=O) groups is 1. The topological polar surface area (TPSA) is 40.5 Å². The molecule has 0 aliphatic rings. The van der Waals surface area contributed by atoms with Gasteiger partial charge in [0.1, 0.15) is 4.88 Å². The number of carbonyl (C=O) groups excluding carboxylic acids is 1. The standard InChI is InChI=1S/C14H19NO2S/c1-4-11(2)15(3)14(17)13-12(8-10-18-13)7-5-6-9-16/h8,10-11,16H,4,6,9H2,1-3H3. The summed E-state index contributed by atoms with van der Waals surface area (Å²) < 4.78 is 0. The minimum absolute atomic E-state index is 0.0210. The van der Waals surface area contributed by atoms with E-state index in [1.807, 2.05) is 25.4 Å². The number of nitrogens with zero attached hydrogens (tertiary/aromatic N) is 1. The summed E-state index contributed by atoms with van der Waals surface area (Å²) in [6.45, 7) is 4.14. The quantitative estimate of drug-likeness (QED) is 0.849. The highest BCUT2D eigenvalue weighted by Gasteiger charge is 2.19. The van der Waals surface area contributed by atoms with Gasteiger partial charge in [-0.1, -0.05) is 18.8 Å². The number of rotatable bonds is 4. The summed E-state index contributed by atoms with van der Waals surface area (Å²) in [5.41, 5.74) is 0.758. The fourth-order valence-electron chi connectivity index (χ4n) is 1.42. The van der Waals surface area contributed by atoms with Crippen molar-refractivity contribution in [2.45, 2.75) is 32.7 Å². The summed E-state index contributed by atoms with van der Waals surface area (Å²) in [7, 11) is 1.82. The zero-order valence-electron chi connectivity index (χ0n) is 11.1. The second kappa shape index (κ2) is 7.20. The van der Waals surface area contributed by atoms with Crippen LogP contribution in [-0.2, 0) is 0 Å². The molecule has 1 amide bonds. The van der Waals surface area contributed by atoms with E-state index in [-0.39, 0.29) is 18.6 Å². The van der Waals surface area contributed by atoms with Crippen LogP contribution in [0.2, 0.25) is 0 Å². The molecule has 0 radical (unpaired) electrons. The highest BCUT2D eigenvalue weighted by atomic mass is 32.1. The maximum Gasteiger partial charge on any atom is 0.265 e. The zero-order valence-corrected chi connectivity index (χ0v) is 11.9. The monoisotopic (exact) mass is 265 g/mol. The van der Waals surface area contributed by atoms with Crippen molar-refractivity contribution >= 4 is 17.2 Å². The molecule has 0 fully saturated rings. The Morgan fingerprint density at radius 3 is 2.94 bits per heavy atom. The summed E-state index contributed by atoms with van der Waals surface area (Å²) in [4.78, 5) is 14.7. The van der Waals surface area contributed by atoms with Gasteiger partial charge in [-0.3, -0.25) is 4.79 Å². The zero-order chi connectivity index (χ0) is 13.5. The Hall–Kier alpha value is -1.31. The Bertz CT molecular complexity index is 456. The van der Waals surface area contributed by atoms with Crippen molar-refractivity contribution < 1.29 is 9.90 Å². The Kier molecular flexibility index (Phi) is 5.90. The molecular formula is C14H19NO2S. The van der Waals surface area contributed by atoms with E-state index in [0.29, 0.717) is 11.3 Å². The van der Waals surface area contributed by atoms with Gasteiger partial charge < -0.3 is 10.0 Å². The Balaban J connectivity index is 2.88.